The molecule has 1 amide bonds. The Labute approximate surface area is 117 Å². The van der Waals surface area contributed by atoms with Crippen LogP contribution in [0.3, 0.4) is 0 Å². The van der Waals surface area contributed by atoms with Gasteiger partial charge in [-0.3, -0.25) is 4.79 Å². The standard InChI is InChI=1S/C14H18ClNO3/c15-12-7-3-4-10(8-17)14(12)19-9-13(18)16-11-5-1-2-6-11/h3-4,7,11,17H,1-2,5-6,8-9H2,(H,16,18). The van der Waals surface area contributed by atoms with E-state index in [1.165, 1.54) is 12.8 Å². The van der Waals surface area contributed by atoms with E-state index in [2.05, 4.69) is 5.32 Å². The van der Waals surface area contributed by atoms with Crippen molar-refractivity contribution in [2.75, 3.05) is 6.61 Å². The van der Waals surface area contributed by atoms with Gasteiger partial charge in [-0.25, -0.2) is 0 Å². The molecule has 104 valence electrons. The van der Waals surface area contributed by atoms with Gasteiger partial charge in [0.05, 0.1) is 11.6 Å². The van der Waals surface area contributed by atoms with E-state index in [1.807, 2.05) is 0 Å². The van der Waals surface area contributed by atoms with Crippen molar-refractivity contribution >= 4 is 17.5 Å². The molecular weight excluding hydrogens is 266 g/mol. The van der Waals surface area contributed by atoms with Crippen LogP contribution >= 0.6 is 11.6 Å². The summed E-state index contributed by atoms with van der Waals surface area (Å²) in [7, 11) is 0. The van der Waals surface area contributed by atoms with Crippen LogP contribution in [0.15, 0.2) is 18.2 Å². The Balaban J connectivity index is 1.89. The molecule has 0 spiro atoms. The van der Waals surface area contributed by atoms with Crippen molar-refractivity contribution in [2.24, 2.45) is 0 Å². The molecule has 0 aliphatic heterocycles. The first-order valence-corrected chi connectivity index (χ1v) is 6.89. The molecule has 0 atom stereocenters. The van der Waals surface area contributed by atoms with Gasteiger partial charge in [0.25, 0.3) is 5.91 Å². The lowest BCUT2D eigenvalue weighted by Crippen LogP contribution is -2.36. The van der Waals surface area contributed by atoms with Crippen molar-refractivity contribution in [2.45, 2.75) is 38.3 Å². The van der Waals surface area contributed by atoms with Crippen LogP contribution in [0.5, 0.6) is 5.75 Å². The normalized spacial score (nSPS) is 15.5. The number of carbonyl (C=O) groups excluding carboxylic acids is 1. The molecule has 0 aromatic heterocycles. The second kappa shape index (κ2) is 6.78. The molecule has 0 saturated heterocycles. The van der Waals surface area contributed by atoms with E-state index in [1.54, 1.807) is 18.2 Å². The van der Waals surface area contributed by atoms with Crippen LogP contribution in [0.25, 0.3) is 0 Å². The van der Waals surface area contributed by atoms with Crippen LogP contribution in [0, 0.1) is 0 Å². The first-order valence-electron chi connectivity index (χ1n) is 6.51. The van der Waals surface area contributed by atoms with Gasteiger partial charge in [0.2, 0.25) is 0 Å². The summed E-state index contributed by atoms with van der Waals surface area (Å²) in [5, 5.41) is 12.5. The summed E-state index contributed by atoms with van der Waals surface area (Å²) < 4.78 is 5.43. The second-order valence-electron chi connectivity index (χ2n) is 4.72. The van der Waals surface area contributed by atoms with Gasteiger partial charge >= 0.3 is 0 Å². The van der Waals surface area contributed by atoms with E-state index in [9.17, 15) is 9.90 Å². The van der Waals surface area contributed by atoms with E-state index in [0.29, 0.717) is 16.3 Å². The molecular formula is C14H18ClNO3. The van der Waals surface area contributed by atoms with Gasteiger partial charge in [-0.1, -0.05) is 36.6 Å². The van der Waals surface area contributed by atoms with Crippen molar-refractivity contribution in [1.82, 2.24) is 5.32 Å². The van der Waals surface area contributed by atoms with Crippen LogP contribution in [-0.2, 0) is 11.4 Å². The molecule has 0 unspecified atom stereocenters. The maximum atomic E-state index is 11.7. The Bertz CT molecular complexity index is 444. The fourth-order valence-electron chi connectivity index (χ4n) is 2.32. The minimum Gasteiger partial charge on any atom is -0.482 e. The molecule has 19 heavy (non-hydrogen) atoms. The number of ether oxygens (including phenoxy) is 1. The Morgan fingerprint density at radius 1 is 1.42 bits per heavy atom. The van der Waals surface area contributed by atoms with Gasteiger partial charge in [-0.05, 0) is 18.9 Å². The van der Waals surface area contributed by atoms with Crippen molar-refractivity contribution in [3.8, 4) is 5.75 Å². The van der Waals surface area contributed by atoms with Gasteiger partial charge in [0.1, 0.15) is 5.75 Å². The number of amides is 1. The summed E-state index contributed by atoms with van der Waals surface area (Å²) >= 11 is 5.99. The number of rotatable bonds is 5. The smallest absolute Gasteiger partial charge is 0.258 e. The third-order valence-electron chi connectivity index (χ3n) is 3.29. The van der Waals surface area contributed by atoms with E-state index >= 15 is 0 Å². The molecule has 1 saturated carbocycles. The van der Waals surface area contributed by atoms with Crippen molar-refractivity contribution in [3.63, 3.8) is 0 Å². The summed E-state index contributed by atoms with van der Waals surface area (Å²) in [5.41, 5.74) is 0.584. The maximum Gasteiger partial charge on any atom is 0.258 e. The number of aliphatic hydroxyl groups excluding tert-OH is 1. The lowest BCUT2D eigenvalue weighted by atomic mass is 10.2. The Kier molecular flexibility index (Phi) is 5.05. The van der Waals surface area contributed by atoms with E-state index < -0.39 is 0 Å². The first-order chi connectivity index (χ1) is 9.20. The average molecular weight is 284 g/mol. The highest BCUT2D eigenvalue weighted by Gasteiger charge is 2.17. The summed E-state index contributed by atoms with van der Waals surface area (Å²) in [6.07, 6.45) is 4.43. The third kappa shape index (κ3) is 3.85. The number of halogens is 1. The Morgan fingerprint density at radius 3 is 2.84 bits per heavy atom. The monoisotopic (exact) mass is 283 g/mol. The quantitative estimate of drug-likeness (QED) is 0.871. The zero-order valence-electron chi connectivity index (χ0n) is 10.7. The van der Waals surface area contributed by atoms with Crippen molar-refractivity contribution < 1.29 is 14.6 Å². The SMILES string of the molecule is O=C(COc1c(Cl)cccc1CO)NC1CCCC1. The Morgan fingerprint density at radius 2 is 2.16 bits per heavy atom. The van der Waals surface area contributed by atoms with Gasteiger partial charge in [-0.2, -0.15) is 0 Å². The number of nitrogens with one attached hydrogen (secondary N) is 1. The predicted molar refractivity (Wildman–Crippen MR) is 73.3 cm³/mol. The van der Waals surface area contributed by atoms with Crippen LogP contribution in [-0.4, -0.2) is 23.7 Å². The number of para-hydroxylation sites is 1. The largest absolute Gasteiger partial charge is 0.482 e. The molecule has 4 nitrogen and oxygen atoms in total. The first kappa shape index (κ1) is 14.2. The van der Waals surface area contributed by atoms with E-state index in [0.717, 1.165) is 12.8 Å². The maximum absolute atomic E-state index is 11.7. The van der Waals surface area contributed by atoms with E-state index in [-0.39, 0.29) is 25.2 Å². The average Bonchev–Trinajstić information content (AvgIpc) is 2.89. The lowest BCUT2D eigenvalue weighted by Gasteiger charge is -2.14. The molecule has 0 radical (unpaired) electrons. The van der Waals surface area contributed by atoms with Gasteiger partial charge in [-0.15, -0.1) is 0 Å². The summed E-state index contributed by atoms with van der Waals surface area (Å²) in [4.78, 5) is 11.7. The number of hydrogen-bond acceptors (Lipinski definition) is 3. The molecule has 1 fully saturated rings. The number of hydrogen-bond donors (Lipinski definition) is 2. The summed E-state index contributed by atoms with van der Waals surface area (Å²) in [6.45, 7) is -0.243. The van der Waals surface area contributed by atoms with Crippen LogP contribution in [0.1, 0.15) is 31.2 Å². The number of aliphatic hydroxyl groups is 1. The zero-order chi connectivity index (χ0) is 13.7. The molecule has 1 aliphatic carbocycles. The molecule has 1 aromatic rings. The van der Waals surface area contributed by atoms with Gasteiger partial charge < -0.3 is 15.2 Å². The topological polar surface area (TPSA) is 58.6 Å². The highest BCUT2D eigenvalue weighted by atomic mass is 35.5. The number of benzene rings is 1. The van der Waals surface area contributed by atoms with Crippen molar-refractivity contribution in [1.29, 1.82) is 0 Å². The third-order valence-corrected chi connectivity index (χ3v) is 3.58. The van der Waals surface area contributed by atoms with Gasteiger partial charge in [0.15, 0.2) is 6.61 Å². The van der Waals surface area contributed by atoms with E-state index in [4.69, 9.17) is 16.3 Å². The molecule has 2 rings (SSSR count). The molecule has 1 aliphatic rings. The lowest BCUT2D eigenvalue weighted by molar-refractivity contribution is -0.123. The molecule has 5 heteroatoms. The molecule has 0 heterocycles. The van der Waals surface area contributed by atoms with Crippen LogP contribution in [0.4, 0.5) is 0 Å². The minimum absolute atomic E-state index is 0.0762. The molecule has 1 aromatic carbocycles. The highest BCUT2D eigenvalue weighted by Crippen LogP contribution is 2.28. The predicted octanol–water partition coefficient (Wildman–Crippen LogP) is 2.27. The summed E-state index contributed by atoms with van der Waals surface area (Å²) in [6, 6.07) is 5.40. The number of carbonyl (C=O) groups is 1. The fraction of sp³-hybridized carbons (Fsp3) is 0.500. The van der Waals surface area contributed by atoms with Crippen LogP contribution < -0.4 is 10.1 Å². The molecule has 2 N–H and O–H groups in total. The minimum atomic E-state index is -0.167. The highest BCUT2D eigenvalue weighted by molar-refractivity contribution is 6.32. The van der Waals surface area contributed by atoms with Crippen molar-refractivity contribution in [3.05, 3.63) is 28.8 Å². The van der Waals surface area contributed by atoms with Crippen LogP contribution in [0.2, 0.25) is 5.02 Å². The second-order valence-corrected chi connectivity index (χ2v) is 5.13. The fourth-order valence-corrected chi connectivity index (χ4v) is 2.57. The van der Waals surface area contributed by atoms with Gasteiger partial charge in [0, 0.05) is 11.6 Å². The molecule has 0 bridgehead atoms. The zero-order valence-corrected chi connectivity index (χ0v) is 11.4. The summed E-state index contributed by atoms with van der Waals surface area (Å²) in [5.74, 6) is 0.240. The Hall–Kier alpha value is -1.26.